The molecular formula is C19H26N4O2. The van der Waals surface area contributed by atoms with E-state index in [-0.39, 0.29) is 5.41 Å². The lowest BCUT2D eigenvalue weighted by atomic mass is 9.81. The molecule has 0 spiro atoms. The molecule has 0 aliphatic heterocycles. The van der Waals surface area contributed by atoms with E-state index in [1.54, 1.807) is 20.4 Å². The van der Waals surface area contributed by atoms with Crippen LogP contribution in [0, 0.1) is 0 Å². The minimum atomic E-state index is 0.0608. The molecule has 0 aliphatic rings. The van der Waals surface area contributed by atoms with Crippen molar-refractivity contribution in [2.45, 2.75) is 39.0 Å². The van der Waals surface area contributed by atoms with Gasteiger partial charge in [0.15, 0.2) is 5.82 Å². The molecule has 1 aromatic heterocycles. The van der Waals surface area contributed by atoms with Gasteiger partial charge in [-0.05, 0) is 37.1 Å². The number of anilines is 1. The molecular weight excluding hydrogens is 316 g/mol. The third kappa shape index (κ3) is 4.47. The normalized spacial score (nSPS) is 11.6. The lowest BCUT2D eigenvalue weighted by Crippen LogP contribution is -2.21. The molecule has 25 heavy (non-hydrogen) atoms. The van der Waals surface area contributed by atoms with Crippen molar-refractivity contribution in [2.75, 3.05) is 19.6 Å². The molecule has 6 nitrogen and oxygen atoms in total. The average Bonchev–Trinajstić information content (AvgIpc) is 2.68. The Labute approximate surface area is 149 Å². The van der Waals surface area contributed by atoms with Crippen LogP contribution < -0.4 is 14.9 Å². The summed E-state index contributed by atoms with van der Waals surface area (Å²) in [6, 6.07) is 9.45. The Hall–Kier alpha value is -2.63. The number of nitrogens with zero attached hydrogens (tertiary/aromatic N) is 3. The second kappa shape index (κ2) is 8.46. The van der Waals surface area contributed by atoms with Gasteiger partial charge in [-0.15, -0.1) is 5.10 Å². The molecule has 1 aromatic carbocycles. The number of aromatic nitrogens is 2. The first kappa shape index (κ1) is 18.7. The standard InChI is InChI=1S/C19H26N4O2/c1-6-19(3,7-2)17-10-11-18(23-21-17)22-20-13-14-8-9-15(24-4)12-16(14)25-5/h8-13H,6-7H2,1-5H3,(H,22,23). The summed E-state index contributed by atoms with van der Waals surface area (Å²) in [7, 11) is 3.23. The maximum Gasteiger partial charge on any atom is 0.168 e. The summed E-state index contributed by atoms with van der Waals surface area (Å²) in [6.45, 7) is 6.55. The molecule has 0 fully saturated rings. The van der Waals surface area contributed by atoms with Crippen molar-refractivity contribution in [3.8, 4) is 11.5 Å². The molecule has 6 heteroatoms. The Bertz CT molecular complexity index is 710. The second-order valence-electron chi connectivity index (χ2n) is 6.05. The summed E-state index contributed by atoms with van der Waals surface area (Å²) >= 11 is 0. The van der Waals surface area contributed by atoms with E-state index in [9.17, 15) is 0 Å². The Morgan fingerprint density at radius 1 is 1.08 bits per heavy atom. The molecule has 1 N–H and O–H groups in total. The first-order valence-corrected chi connectivity index (χ1v) is 8.41. The van der Waals surface area contributed by atoms with E-state index in [4.69, 9.17) is 9.47 Å². The van der Waals surface area contributed by atoms with E-state index in [1.165, 1.54) is 0 Å². The van der Waals surface area contributed by atoms with Gasteiger partial charge in [0.25, 0.3) is 0 Å². The third-order valence-corrected chi connectivity index (χ3v) is 4.67. The van der Waals surface area contributed by atoms with E-state index < -0.39 is 0 Å². The Morgan fingerprint density at radius 3 is 2.40 bits per heavy atom. The molecule has 0 atom stereocenters. The van der Waals surface area contributed by atoms with E-state index in [1.807, 2.05) is 30.3 Å². The number of benzene rings is 1. The highest BCUT2D eigenvalue weighted by atomic mass is 16.5. The monoisotopic (exact) mass is 342 g/mol. The zero-order chi connectivity index (χ0) is 18.3. The Kier molecular flexibility index (Phi) is 6.33. The van der Waals surface area contributed by atoms with Gasteiger partial charge in [0, 0.05) is 17.0 Å². The van der Waals surface area contributed by atoms with Crippen LogP contribution in [0.4, 0.5) is 5.82 Å². The maximum atomic E-state index is 5.34. The predicted molar refractivity (Wildman–Crippen MR) is 101 cm³/mol. The van der Waals surface area contributed by atoms with Gasteiger partial charge in [0.05, 0.1) is 26.1 Å². The first-order valence-electron chi connectivity index (χ1n) is 8.41. The molecule has 134 valence electrons. The fourth-order valence-electron chi connectivity index (χ4n) is 2.42. The van der Waals surface area contributed by atoms with Crippen LogP contribution in [0.2, 0.25) is 0 Å². The minimum absolute atomic E-state index is 0.0608. The number of hydrogen-bond donors (Lipinski definition) is 1. The van der Waals surface area contributed by atoms with Gasteiger partial charge < -0.3 is 9.47 Å². The summed E-state index contributed by atoms with van der Waals surface area (Å²) in [5.74, 6) is 2.02. The van der Waals surface area contributed by atoms with Gasteiger partial charge in [-0.25, -0.2) is 0 Å². The molecule has 0 saturated carbocycles. The quantitative estimate of drug-likeness (QED) is 0.580. The van der Waals surface area contributed by atoms with Crippen LogP contribution in [-0.2, 0) is 5.41 Å². The molecule has 0 radical (unpaired) electrons. The molecule has 0 unspecified atom stereocenters. The van der Waals surface area contributed by atoms with E-state index in [2.05, 4.69) is 41.5 Å². The number of nitrogens with one attached hydrogen (secondary N) is 1. The SMILES string of the molecule is CCC(C)(CC)c1ccc(NN=Cc2ccc(OC)cc2OC)nn1. The van der Waals surface area contributed by atoms with Gasteiger partial charge >= 0.3 is 0 Å². The van der Waals surface area contributed by atoms with Crippen molar-refractivity contribution < 1.29 is 9.47 Å². The molecule has 1 heterocycles. The smallest absolute Gasteiger partial charge is 0.168 e. The second-order valence-corrected chi connectivity index (χ2v) is 6.05. The van der Waals surface area contributed by atoms with Crippen LogP contribution in [0.3, 0.4) is 0 Å². The number of ether oxygens (including phenoxy) is 2. The number of hydrogen-bond acceptors (Lipinski definition) is 6. The fraction of sp³-hybridized carbons (Fsp3) is 0.421. The van der Waals surface area contributed by atoms with E-state index in [0.717, 1.165) is 29.8 Å². The van der Waals surface area contributed by atoms with Crippen molar-refractivity contribution >= 4 is 12.0 Å². The average molecular weight is 342 g/mol. The van der Waals surface area contributed by atoms with Gasteiger partial charge in [0.2, 0.25) is 0 Å². The summed E-state index contributed by atoms with van der Waals surface area (Å²) in [4.78, 5) is 0. The minimum Gasteiger partial charge on any atom is -0.497 e. The first-order chi connectivity index (χ1) is 12.1. The number of rotatable bonds is 8. The highest BCUT2D eigenvalue weighted by molar-refractivity contribution is 5.84. The maximum absolute atomic E-state index is 5.34. The third-order valence-electron chi connectivity index (χ3n) is 4.67. The number of hydrazone groups is 1. The zero-order valence-corrected chi connectivity index (χ0v) is 15.5. The van der Waals surface area contributed by atoms with E-state index >= 15 is 0 Å². The highest BCUT2D eigenvalue weighted by Gasteiger charge is 2.24. The molecule has 0 saturated heterocycles. The fourth-order valence-corrected chi connectivity index (χ4v) is 2.42. The summed E-state index contributed by atoms with van der Waals surface area (Å²) in [6.07, 6.45) is 3.73. The number of methoxy groups -OCH3 is 2. The zero-order valence-electron chi connectivity index (χ0n) is 15.5. The summed E-state index contributed by atoms with van der Waals surface area (Å²) < 4.78 is 10.5. The molecule has 0 bridgehead atoms. The van der Waals surface area contributed by atoms with Crippen molar-refractivity contribution in [3.05, 3.63) is 41.6 Å². The van der Waals surface area contributed by atoms with E-state index in [0.29, 0.717) is 11.6 Å². The van der Waals surface area contributed by atoms with Crippen molar-refractivity contribution in [1.29, 1.82) is 0 Å². The highest BCUT2D eigenvalue weighted by Crippen LogP contribution is 2.29. The predicted octanol–water partition coefficient (Wildman–Crippen LogP) is 4.02. The van der Waals surface area contributed by atoms with Crippen molar-refractivity contribution in [3.63, 3.8) is 0 Å². The van der Waals surface area contributed by atoms with Crippen molar-refractivity contribution in [2.24, 2.45) is 5.10 Å². The Balaban J connectivity index is 2.08. The largest absolute Gasteiger partial charge is 0.497 e. The Morgan fingerprint density at radius 2 is 1.84 bits per heavy atom. The van der Waals surface area contributed by atoms with Crippen LogP contribution >= 0.6 is 0 Å². The molecule has 0 aliphatic carbocycles. The van der Waals surface area contributed by atoms with Gasteiger partial charge in [-0.3, -0.25) is 5.43 Å². The van der Waals surface area contributed by atoms with Crippen LogP contribution in [0.5, 0.6) is 11.5 Å². The van der Waals surface area contributed by atoms with Crippen LogP contribution in [0.15, 0.2) is 35.4 Å². The van der Waals surface area contributed by atoms with Crippen LogP contribution in [0.1, 0.15) is 44.9 Å². The van der Waals surface area contributed by atoms with Gasteiger partial charge in [-0.1, -0.05) is 20.8 Å². The summed E-state index contributed by atoms with van der Waals surface area (Å²) in [5, 5.41) is 12.8. The lowest BCUT2D eigenvalue weighted by Gasteiger charge is -2.25. The molecule has 2 rings (SSSR count). The van der Waals surface area contributed by atoms with Gasteiger partial charge in [0.1, 0.15) is 11.5 Å². The summed E-state index contributed by atoms with van der Waals surface area (Å²) in [5.41, 5.74) is 4.80. The molecule has 0 amide bonds. The van der Waals surface area contributed by atoms with Gasteiger partial charge in [-0.2, -0.15) is 10.2 Å². The lowest BCUT2D eigenvalue weighted by molar-refractivity contribution is 0.394. The topological polar surface area (TPSA) is 68.6 Å². The molecule has 2 aromatic rings. The van der Waals surface area contributed by atoms with Crippen molar-refractivity contribution in [1.82, 2.24) is 10.2 Å². The van der Waals surface area contributed by atoms with Crippen LogP contribution in [0.25, 0.3) is 0 Å². The van der Waals surface area contributed by atoms with Crippen LogP contribution in [-0.4, -0.2) is 30.6 Å².